The second-order valence-electron chi connectivity index (χ2n) is 4.47. The molecule has 1 aromatic heterocycles. The molecule has 0 aliphatic carbocycles. The van der Waals surface area contributed by atoms with Crippen molar-refractivity contribution in [2.24, 2.45) is 0 Å². The molecule has 8 nitrogen and oxygen atoms in total. The number of anilines is 1. The highest BCUT2D eigenvalue weighted by atomic mass is 16.5. The number of hydrogen-bond acceptors (Lipinski definition) is 4. The predicted octanol–water partition coefficient (Wildman–Crippen LogP) is 1.44. The second kappa shape index (κ2) is 7.32. The quantitative estimate of drug-likeness (QED) is 0.688. The monoisotopic (exact) mass is 297 g/mol. The Morgan fingerprint density at radius 3 is 2.62 bits per heavy atom. The number of nitrogens with zero attached hydrogens (tertiary/aromatic N) is 1. The fraction of sp³-hybridized carbons (Fsp3) is 0.462. The van der Waals surface area contributed by atoms with Gasteiger partial charge in [-0.3, -0.25) is 4.79 Å². The van der Waals surface area contributed by atoms with Gasteiger partial charge in [0.15, 0.2) is 0 Å². The van der Waals surface area contributed by atoms with E-state index in [-0.39, 0.29) is 17.9 Å². The molecule has 1 rings (SSSR count). The van der Waals surface area contributed by atoms with Crippen molar-refractivity contribution in [1.82, 2.24) is 9.88 Å². The van der Waals surface area contributed by atoms with E-state index in [1.54, 1.807) is 6.92 Å². The van der Waals surface area contributed by atoms with Crippen molar-refractivity contribution in [2.75, 3.05) is 25.5 Å². The molecule has 1 aromatic rings. The van der Waals surface area contributed by atoms with Crippen LogP contribution in [0.5, 0.6) is 0 Å². The molecular formula is C13H19N3O5. The van der Waals surface area contributed by atoms with Crippen LogP contribution in [0.4, 0.5) is 10.5 Å². The van der Waals surface area contributed by atoms with Crippen molar-refractivity contribution in [3.63, 3.8) is 0 Å². The van der Waals surface area contributed by atoms with Crippen molar-refractivity contribution in [2.45, 2.75) is 20.3 Å². The van der Waals surface area contributed by atoms with E-state index in [1.807, 2.05) is 6.92 Å². The summed E-state index contributed by atoms with van der Waals surface area (Å²) in [5.41, 5.74) is 0.670. The van der Waals surface area contributed by atoms with E-state index >= 15 is 0 Å². The van der Waals surface area contributed by atoms with Crippen molar-refractivity contribution in [3.05, 3.63) is 17.5 Å². The van der Waals surface area contributed by atoms with Gasteiger partial charge in [-0.15, -0.1) is 0 Å². The maximum atomic E-state index is 12.1. The zero-order valence-electron chi connectivity index (χ0n) is 12.2. The summed E-state index contributed by atoms with van der Waals surface area (Å²) < 4.78 is 4.53. The smallest absolute Gasteiger partial charge is 0.354 e. The first kappa shape index (κ1) is 16.5. The van der Waals surface area contributed by atoms with Crippen LogP contribution in [0.2, 0.25) is 0 Å². The summed E-state index contributed by atoms with van der Waals surface area (Å²) in [6.45, 7) is 3.70. The minimum atomic E-state index is -1.17. The highest BCUT2D eigenvalue weighted by molar-refractivity contribution is 5.99. The number of hydrogen-bond donors (Lipinski definition) is 3. The lowest BCUT2D eigenvalue weighted by molar-refractivity contribution is -0.141. The first-order chi connectivity index (χ1) is 9.88. The Bertz CT molecular complexity index is 538. The third kappa shape index (κ3) is 4.51. The Balaban J connectivity index is 2.86. The van der Waals surface area contributed by atoms with Crippen molar-refractivity contribution in [1.29, 1.82) is 0 Å². The zero-order valence-corrected chi connectivity index (χ0v) is 12.2. The van der Waals surface area contributed by atoms with Crippen LogP contribution in [-0.2, 0) is 9.53 Å². The predicted molar refractivity (Wildman–Crippen MR) is 75.4 cm³/mol. The van der Waals surface area contributed by atoms with Crippen molar-refractivity contribution < 1.29 is 24.2 Å². The van der Waals surface area contributed by atoms with E-state index in [0.29, 0.717) is 18.7 Å². The van der Waals surface area contributed by atoms with Crippen LogP contribution in [0, 0.1) is 6.92 Å². The number of nitrogens with one attached hydrogen (secondary N) is 2. The average Bonchev–Trinajstić information content (AvgIpc) is 2.79. The van der Waals surface area contributed by atoms with E-state index in [0.717, 1.165) is 0 Å². The molecule has 0 atom stereocenters. The highest BCUT2D eigenvalue weighted by Gasteiger charge is 2.20. The number of amides is 2. The summed E-state index contributed by atoms with van der Waals surface area (Å²) in [5, 5.41) is 11.5. The lowest BCUT2D eigenvalue weighted by Crippen LogP contribution is -2.39. The van der Waals surface area contributed by atoms with E-state index < -0.39 is 18.0 Å². The molecule has 2 amide bonds. The third-order valence-corrected chi connectivity index (χ3v) is 2.74. The molecule has 1 heterocycles. The molecule has 0 bridgehead atoms. The van der Waals surface area contributed by atoms with Crippen LogP contribution in [0.25, 0.3) is 0 Å². The summed E-state index contributed by atoms with van der Waals surface area (Å²) in [7, 11) is 1.24. The number of ether oxygens (including phenoxy) is 1. The summed E-state index contributed by atoms with van der Waals surface area (Å²) in [6, 6.07) is 0.965. The molecule has 116 valence electrons. The fourth-order valence-corrected chi connectivity index (χ4v) is 1.79. The third-order valence-electron chi connectivity index (χ3n) is 2.74. The van der Waals surface area contributed by atoms with Crippen LogP contribution in [0.3, 0.4) is 0 Å². The molecule has 0 aromatic carbocycles. The van der Waals surface area contributed by atoms with E-state index in [1.165, 1.54) is 18.1 Å². The van der Waals surface area contributed by atoms with Gasteiger partial charge in [0.1, 0.15) is 12.2 Å². The fourth-order valence-electron chi connectivity index (χ4n) is 1.79. The molecule has 8 heteroatoms. The Kier molecular flexibility index (Phi) is 5.77. The molecule has 3 N–H and O–H groups in total. The first-order valence-electron chi connectivity index (χ1n) is 6.44. The van der Waals surface area contributed by atoms with Gasteiger partial charge in [-0.25, -0.2) is 9.59 Å². The second-order valence-corrected chi connectivity index (χ2v) is 4.47. The van der Waals surface area contributed by atoms with Crippen LogP contribution in [-0.4, -0.2) is 53.2 Å². The minimum Gasteiger partial charge on any atom is -0.477 e. The van der Waals surface area contributed by atoms with Crippen LogP contribution >= 0.6 is 0 Å². The molecule has 0 aliphatic rings. The number of carbonyl (C=O) groups is 3. The Morgan fingerprint density at radius 1 is 1.43 bits per heavy atom. The van der Waals surface area contributed by atoms with Crippen LogP contribution in [0.15, 0.2) is 6.07 Å². The molecular weight excluding hydrogens is 278 g/mol. The number of urea groups is 1. The summed E-state index contributed by atoms with van der Waals surface area (Å²) >= 11 is 0. The Hall–Kier alpha value is -2.51. The van der Waals surface area contributed by atoms with Gasteiger partial charge in [0.05, 0.1) is 12.8 Å². The molecule has 0 fully saturated rings. The number of carbonyl (C=O) groups excluding carboxylic acids is 2. The van der Waals surface area contributed by atoms with Gasteiger partial charge < -0.3 is 25.0 Å². The van der Waals surface area contributed by atoms with E-state index in [2.05, 4.69) is 15.0 Å². The zero-order chi connectivity index (χ0) is 16.0. The van der Waals surface area contributed by atoms with Gasteiger partial charge in [0.2, 0.25) is 0 Å². The number of esters is 1. The average molecular weight is 297 g/mol. The number of carboxylic acids is 1. The highest BCUT2D eigenvalue weighted by Crippen LogP contribution is 2.17. The minimum absolute atomic E-state index is 0.102. The molecule has 0 unspecified atom stereocenters. The van der Waals surface area contributed by atoms with Gasteiger partial charge in [-0.1, -0.05) is 6.92 Å². The number of carboxylic acid groups (broad SMARTS) is 1. The molecule has 0 saturated heterocycles. The maximum Gasteiger partial charge on any atom is 0.354 e. The lowest BCUT2D eigenvalue weighted by atomic mass is 10.3. The van der Waals surface area contributed by atoms with E-state index in [4.69, 9.17) is 5.11 Å². The number of aromatic carboxylic acids is 1. The largest absolute Gasteiger partial charge is 0.477 e. The summed E-state index contributed by atoms with van der Waals surface area (Å²) in [6.07, 6.45) is 0.655. The van der Waals surface area contributed by atoms with Gasteiger partial charge in [0, 0.05) is 12.2 Å². The molecule has 0 radical (unpaired) electrons. The maximum absolute atomic E-state index is 12.1. The van der Waals surface area contributed by atoms with Crippen LogP contribution in [0.1, 0.15) is 29.5 Å². The molecule has 21 heavy (non-hydrogen) atoms. The molecule has 0 aliphatic heterocycles. The normalized spacial score (nSPS) is 10.0. The van der Waals surface area contributed by atoms with Crippen molar-refractivity contribution >= 4 is 23.7 Å². The molecule has 0 saturated carbocycles. The summed E-state index contributed by atoms with van der Waals surface area (Å²) in [4.78, 5) is 38.4. The van der Waals surface area contributed by atoms with Gasteiger partial charge in [-0.05, 0) is 19.4 Å². The number of methoxy groups -OCH3 is 1. The summed E-state index contributed by atoms with van der Waals surface area (Å²) in [5.74, 6) is -1.71. The first-order valence-corrected chi connectivity index (χ1v) is 6.44. The number of aromatic amines is 1. The van der Waals surface area contributed by atoms with E-state index in [9.17, 15) is 14.4 Å². The number of rotatable bonds is 6. The SMILES string of the molecule is CCCN(CC(=O)OC)C(=O)Nc1cc(C)[nH]c1C(=O)O. The molecule has 0 spiro atoms. The standard InChI is InChI=1S/C13H19N3O5/c1-4-5-16(7-10(17)21-3)13(20)15-9-6-8(2)14-11(9)12(18)19/h6,14H,4-5,7H2,1-3H3,(H,15,20)(H,18,19). The van der Waals surface area contributed by atoms with Crippen molar-refractivity contribution in [3.8, 4) is 0 Å². The van der Waals surface area contributed by atoms with Gasteiger partial charge in [0.25, 0.3) is 0 Å². The number of aryl methyl sites for hydroxylation is 1. The topological polar surface area (TPSA) is 112 Å². The lowest BCUT2D eigenvalue weighted by Gasteiger charge is -2.21. The van der Waals surface area contributed by atoms with Gasteiger partial charge >= 0.3 is 18.0 Å². The number of aromatic nitrogens is 1. The number of H-pyrrole nitrogens is 1. The van der Waals surface area contributed by atoms with Gasteiger partial charge in [-0.2, -0.15) is 0 Å². The van der Waals surface area contributed by atoms with Crippen LogP contribution < -0.4 is 5.32 Å². The Morgan fingerprint density at radius 2 is 2.10 bits per heavy atom. The Labute approximate surface area is 122 Å².